The van der Waals surface area contributed by atoms with Crippen LogP contribution in [0, 0.1) is 6.92 Å². The number of carbonyl (C=O) groups is 1. The molecule has 0 saturated carbocycles. The topological polar surface area (TPSA) is 82.2 Å². The van der Waals surface area contributed by atoms with Crippen molar-refractivity contribution in [2.45, 2.75) is 20.1 Å². The first-order valence-corrected chi connectivity index (χ1v) is 10.6. The average molecular weight is 438 g/mol. The van der Waals surface area contributed by atoms with Gasteiger partial charge < -0.3 is 9.15 Å². The summed E-state index contributed by atoms with van der Waals surface area (Å²) in [4.78, 5) is 16.7. The molecule has 7 nitrogen and oxygen atoms in total. The Kier molecular flexibility index (Phi) is 5.59. The molecular weight excluding hydrogens is 416 g/mol. The number of benzene rings is 3. The zero-order valence-electron chi connectivity index (χ0n) is 18.1. The number of fused-ring (bicyclic) bond motifs is 1. The first-order valence-electron chi connectivity index (χ1n) is 10.6. The Morgan fingerprint density at radius 1 is 1.00 bits per heavy atom. The van der Waals surface area contributed by atoms with Crippen molar-refractivity contribution < 1.29 is 13.9 Å². The van der Waals surface area contributed by atoms with E-state index in [4.69, 9.17) is 9.15 Å². The molecule has 0 saturated heterocycles. The number of anilines is 1. The number of rotatable bonds is 7. The number of aryl methyl sites for hydroxylation is 1. The number of hydrogen-bond acceptors (Lipinski definition) is 5. The van der Waals surface area contributed by atoms with Crippen molar-refractivity contribution >= 4 is 22.6 Å². The van der Waals surface area contributed by atoms with Gasteiger partial charge in [0.15, 0.2) is 5.76 Å². The predicted molar refractivity (Wildman–Crippen MR) is 125 cm³/mol. The van der Waals surface area contributed by atoms with Gasteiger partial charge in [-0.15, -0.1) is 5.10 Å². The van der Waals surface area contributed by atoms with E-state index in [-0.39, 0.29) is 18.3 Å². The normalized spacial score (nSPS) is 10.9. The van der Waals surface area contributed by atoms with Gasteiger partial charge in [-0.2, -0.15) is 0 Å². The highest BCUT2D eigenvalue weighted by atomic mass is 16.5. The molecule has 0 aliphatic carbocycles. The van der Waals surface area contributed by atoms with Crippen LogP contribution in [-0.4, -0.2) is 20.7 Å². The molecule has 1 N–H and O–H groups in total. The Hall–Kier alpha value is -4.39. The molecule has 0 aliphatic rings. The fraction of sp³-hybridized carbons (Fsp3) is 0.115. The molecule has 5 aromatic rings. The maximum atomic E-state index is 12.6. The van der Waals surface area contributed by atoms with Crippen molar-refractivity contribution in [3.63, 3.8) is 0 Å². The highest BCUT2D eigenvalue weighted by molar-refractivity contribution is 6.01. The average Bonchev–Trinajstić information content (AvgIpc) is 3.49. The van der Waals surface area contributed by atoms with Gasteiger partial charge in [-0.1, -0.05) is 60.7 Å². The van der Waals surface area contributed by atoms with E-state index in [1.807, 2.05) is 73.7 Å². The van der Waals surface area contributed by atoms with Crippen LogP contribution in [0.3, 0.4) is 0 Å². The summed E-state index contributed by atoms with van der Waals surface area (Å²) >= 11 is 0. The molecule has 0 aliphatic heterocycles. The molecule has 7 heteroatoms. The number of nitrogens with one attached hydrogen (secondary N) is 1. The van der Waals surface area contributed by atoms with Gasteiger partial charge >= 0.3 is 0 Å². The lowest BCUT2D eigenvalue weighted by atomic mass is 10.1. The summed E-state index contributed by atoms with van der Waals surface area (Å²) in [7, 11) is 0. The molecule has 0 fully saturated rings. The molecule has 0 bridgehead atoms. The van der Waals surface area contributed by atoms with E-state index in [2.05, 4.69) is 15.4 Å². The minimum Gasteiger partial charge on any atom is -0.485 e. The molecule has 5 rings (SSSR count). The third-order valence-corrected chi connectivity index (χ3v) is 5.36. The van der Waals surface area contributed by atoms with E-state index in [0.29, 0.717) is 12.3 Å². The lowest BCUT2D eigenvalue weighted by Gasteiger charge is -2.07. The lowest BCUT2D eigenvalue weighted by molar-refractivity contribution is 0.0991. The maximum Gasteiger partial charge on any atom is 0.293 e. The van der Waals surface area contributed by atoms with Crippen LogP contribution < -0.4 is 10.1 Å². The van der Waals surface area contributed by atoms with Gasteiger partial charge in [0.05, 0.1) is 6.54 Å². The van der Waals surface area contributed by atoms with Crippen molar-refractivity contribution in [1.82, 2.24) is 14.8 Å². The van der Waals surface area contributed by atoms with Crippen molar-refractivity contribution in [2.75, 3.05) is 5.32 Å². The highest BCUT2D eigenvalue weighted by Gasteiger charge is 2.14. The van der Waals surface area contributed by atoms with Crippen LogP contribution in [0.25, 0.3) is 10.8 Å². The number of ether oxygens (including phenoxy) is 1. The van der Waals surface area contributed by atoms with Crippen LogP contribution in [0.5, 0.6) is 5.75 Å². The fourth-order valence-corrected chi connectivity index (χ4v) is 3.60. The van der Waals surface area contributed by atoms with Gasteiger partial charge in [0.1, 0.15) is 24.4 Å². The van der Waals surface area contributed by atoms with Crippen LogP contribution in [0.15, 0.2) is 89.6 Å². The number of nitrogens with zero attached hydrogens (tertiary/aromatic N) is 3. The van der Waals surface area contributed by atoms with Crippen LogP contribution in [0.4, 0.5) is 5.95 Å². The van der Waals surface area contributed by atoms with Crippen LogP contribution in [0.2, 0.25) is 0 Å². The molecule has 0 spiro atoms. The van der Waals surface area contributed by atoms with Gasteiger partial charge in [-0.3, -0.25) is 10.1 Å². The van der Waals surface area contributed by atoms with E-state index >= 15 is 0 Å². The van der Waals surface area contributed by atoms with Crippen molar-refractivity contribution in [3.05, 3.63) is 108 Å². The van der Waals surface area contributed by atoms with E-state index < -0.39 is 5.91 Å². The van der Waals surface area contributed by atoms with Crippen molar-refractivity contribution in [1.29, 1.82) is 0 Å². The minimum atomic E-state index is -0.417. The zero-order valence-corrected chi connectivity index (χ0v) is 18.1. The molecule has 3 aromatic carbocycles. The third-order valence-electron chi connectivity index (χ3n) is 5.36. The van der Waals surface area contributed by atoms with Crippen molar-refractivity contribution in [2.24, 2.45) is 0 Å². The Morgan fingerprint density at radius 2 is 1.82 bits per heavy atom. The Morgan fingerprint density at radius 3 is 2.73 bits per heavy atom. The molecule has 164 valence electrons. The van der Waals surface area contributed by atoms with E-state index in [1.165, 1.54) is 5.56 Å². The molecular formula is C26H22N4O3. The Balaban J connectivity index is 1.21. The first-order chi connectivity index (χ1) is 16.2. The molecule has 1 amide bonds. The van der Waals surface area contributed by atoms with Gasteiger partial charge in [0, 0.05) is 5.39 Å². The van der Waals surface area contributed by atoms with Gasteiger partial charge in [-0.05, 0) is 41.6 Å². The van der Waals surface area contributed by atoms with E-state index in [0.717, 1.165) is 22.1 Å². The SMILES string of the molecule is Cc1ccccc1Cn1cnc(NC(=O)c2ccc(COc3cccc4ccccc34)o2)n1. The molecule has 2 aromatic heterocycles. The lowest BCUT2D eigenvalue weighted by Crippen LogP contribution is -2.12. The van der Waals surface area contributed by atoms with Gasteiger partial charge in [-0.25, -0.2) is 9.67 Å². The summed E-state index contributed by atoms with van der Waals surface area (Å²) in [6.07, 6.45) is 1.59. The summed E-state index contributed by atoms with van der Waals surface area (Å²) in [6.45, 7) is 2.84. The van der Waals surface area contributed by atoms with E-state index in [9.17, 15) is 4.79 Å². The minimum absolute atomic E-state index is 0.168. The molecule has 0 radical (unpaired) electrons. The fourth-order valence-electron chi connectivity index (χ4n) is 3.60. The molecule has 2 heterocycles. The zero-order chi connectivity index (χ0) is 22.6. The number of hydrogen-bond donors (Lipinski definition) is 1. The number of furan rings is 1. The molecule has 33 heavy (non-hydrogen) atoms. The standard InChI is InChI=1S/C26H22N4O3/c1-18-7-2-3-9-20(18)15-30-17-27-26(29-30)28-25(31)24-14-13-21(33-24)16-32-23-12-6-10-19-8-4-5-11-22(19)23/h2-14,17H,15-16H2,1H3,(H,28,29,31). The number of amides is 1. The maximum absolute atomic E-state index is 12.6. The highest BCUT2D eigenvalue weighted by Crippen LogP contribution is 2.26. The van der Waals surface area contributed by atoms with Gasteiger partial charge in [0.2, 0.25) is 5.95 Å². The quantitative estimate of drug-likeness (QED) is 0.377. The monoisotopic (exact) mass is 438 g/mol. The Bertz CT molecular complexity index is 1410. The van der Waals surface area contributed by atoms with Crippen LogP contribution in [0.1, 0.15) is 27.4 Å². The summed E-state index contributed by atoms with van der Waals surface area (Å²) in [5, 5.41) is 9.13. The van der Waals surface area contributed by atoms with Gasteiger partial charge in [0.25, 0.3) is 5.91 Å². The summed E-state index contributed by atoms with van der Waals surface area (Å²) in [6, 6.07) is 25.3. The third kappa shape index (κ3) is 4.62. The largest absolute Gasteiger partial charge is 0.485 e. The predicted octanol–water partition coefficient (Wildman–Crippen LogP) is 5.21. The second-order valence-electron chi connectivity index (χ2n) is 7.68. The summed E-state index contributed by atoms with van der Waals surface area (Å²) < 4.78 is 13.3. The molecule has 0 unspecified atom stereocenters. The number of aromatic nitrogens is 3. The number of carbonyl (C=O) groups excluding carboxylic acids is 1. The smallest absolute Gasteiger partial charge is 0.293 e. The first kappa shape index (κ1) is 20.5. The van der Waals surface area contributed by atoms with Crippen LogP contribution >= 0.6 is 0 Å². The summed E-state index contributed by atoms with van der Waals surface area (Å²) in [5.74, 6) is 1.28. The second kappa shape index (κ2) is 9.00. The molecule has 0 atom stereocenters. The van der Waals surface area contributed by atoms with E-state index in [1.54, 1.807) is 23.1 Å². The van der Waals surface area contributed by atoms with Crippen molar-refractivity contribution in [3.8, 4) is 5.75 Å². The van der Waals surface area contributed by atoms with Crippen LogP contribution in [-0.2, 0) is 13.2 Å². The Labute approximate surface area is 190 Å². The second-order valence-corrected chi connectivity index (χ2v) is 7.68. The summed E-state index contributed by atoms with van der Waals surface area (Å²) in [5.41, 5.74) is 2.31.